The van der Waals surface area contributed by atoms with Crippen molar-refractivity contribution in [3.8, 4) is 12.1 Å². The van der Waals surface area contributed by atoms with Crippen LogP contribution in [-0.2, 0) is 0 Å². The van der Waals surface area contributed by atoms with E-state index in [4.69, 9.17) is 16.3 Å². The monoisotopic (exact) mass is 214 g/mol. The number of rotatable bonds is 1. The van der Waals surface area contributed by atoms with Crippen molar-refractivity contribution in [2.45, 2.75) is 12.8 Å². The van der Waals surface area contributed by atoms with E-state index in [9.17, 15) is 0 Å². The van der Waals surface area contributed by atoms with Crippen LogP contribution in [-0.4, -0.2) is 23.1 Å². The summed E-state index contributed by atoms with van der Waals surface area (Å²) in [5.74, 6) is 0.741. The lowest BCUT2D eigenvalue weighted by molar-refractivity contribution is 0.924. The molecule has 2 N–H and O–H groups in total. The van der Waals surface area contributed by atoms with Gasteiger partial charge in [0.1, 0.15) is 12.1 Å². The lowest BCUT2D eigenvalue weighted by Gasteiger charge is -2.17. The largest absolute Gasteiger partial charge is 0.381 e. The van der Waals surface area contributed by atoms with Gasteiger partial charge in [-0.1, -0.05) is 0 Å². The van der Waals surface area contributed by atoms with E-state index < -0.39 is 0 Å². The molecule has 80 valence electrons. The van der Waals surface area contributed by atoms with Crippen molar-refractivity contribution in [3.63, 3.8) is 0 Å². The molecule has 0 spiro atoms. The Bertz CT molecular complexity index is 489. The minimum atomic E-state index is -0.0112. The predicted molar refractivity (Wildman–Crippen MR) is 57.3 cm³/mol. The van der Waals surface area contributed by atoms with Gasteiger partial charge < -0.3 is 10.6 Å². The number of anilines is 2. The second-order valence-electron chi connectivity index (χ2n) is 3.55. The first-order chi connectivity index (χ1) is 7.76. The van der Waals surface area contributed by atoms with Gasteiger partial charge in [-0.25, -0.2) is 9.97 Å². The van der Waals surface area contributed by atoms with E-state index in [0.29, 0.717) is 5.82 Å². The van der Waals surface area contributed by atoms with E-state index in [-0.39, 0.29) is 17.2 Å². The minimum absolute atomic E-state index is 0.0112. The van der Waals surface area contributed by atoms with Crippen LogP contribution in [0.3, 0.4) is 0 Å². The van der Waals surface area contributed by atoms with Gasteiger partial charge in [-0.2, -0.15) is 10.5 Å². The van der Waals surface area contributed by atoms with Gasteiger partial charge in [-0.15, -0.1) is 0 Å². The average molecular weight is 214 g/mol. The molecule has 2 rings (SSSR count). The van der Waals surface area contributed by atoms with Gasteiger partial charge >= 0.3 is 0 Å². The maximum Gasteiger partial charge on any atom is 0.179 e. The molecule has 2 heterocycles. The van der Waals surface area contributed by atoms with E-state index in [1.54, 1.807) is 0 Å². The summed E-state index contributed by atoms with van der Waals surface area (Å²) < 4.78 is 0. The Morgan fingerprint density at radius 2 is 1.62 bits per heavy atom. The summed E-state index contributed by atoms with van der Waals surface area (Å²) in [5.41, 5.74) is 5.75. The molecule has 0 aromatic carbocycles. The molecule has 0 amide bonds. The van der Waals surface area contributed by atoms with Crippen LogP contribution in [0.4, 0.5) is 11.6 Å². The van der Waals surface area contributed by atoms with Gasteiger partial charge in [0.15, 0.2) is 23.0 Å². The fraction of sp³-hybridized carbons (Fsp3) is 0.400. The maximum absolute atomic E-state index is 8.84. The first-order valence-electron chi connectivity index (χ1n) is 4.99. The molecule has 6 heteroatoms. The molecule has 0 atom stereocenters. The summed E-state index contributed by atoms with van der Waals surface area (Å²) in [4.78, 5) is 9.99. The Kier molecular flexibility index (Phi) is 2.57. The fourth-order valence-electron chi connectivity index (χ4n) is 1.76. The van der Waals surface area contributed by atoms with Crippen molar-refractivity contribution in [3.05, 3.63) is 11.4 Å². The number of hydrogen-bond acceptors (Lipinski definition) is 6. The lowest BCUT2D eigenvalue weighted by Crippen LogP contribution is -2.22. The predicted octanol–water partition coefficient (Wildman–Crippen LogP) is 0.402. The topological polar surface area (TPSA) is 103 Å². The normalized spacial score (nSPS) is 14.5. The van der Waals surface area contributed by atoms with Crippen LogP contribution in [0.15, 0.2) is 0 Å². The Morgan fingerprint density at radius 1 is 1.06 bits per heavy atom. The van der Waals surface area contributed by atoms with Crippen molar-refractivity contribution in [2.75, 3.05) is 23.7 Å². The molecule has 1 aliphatic rings. The third kappa shape index (κ3) is 1.61. The van der Waals surface area contributed by atoms with E-state index in [2.05, 4.69) is 9.97 Å². The average Bonchev–Trinajstić information content (AvgIpc) is 2.82. The third-order valence-electron chi connectivity index (χ3n) is 2.52. The number of hydrogen-bond donors (Lipinski definition) is 1. The summed E-state index contributed by atoms with van der Waals surface area (Å²) in [6, 6.07) is 3.67. The molecule has 1 saturated heterocycles. The molecule has 1 aromatic rings. The van der Waals surface area contributed by atoms with Crippen molar-refractivity contribution in [2.24, 2.45) is 0 Å². The molecule has 0 aliphatic carbocycles. The quantitative estimate of drug-likeness (QED) is 0.725. The Morgan fingerprint density at radius 3 is 2.19 bits per heavy atom. The van der Waals surface area contributed by atoms with E-state index >= 15 is 0 Å². The Hall–Kier alpha value is -2.34. The molecule has 1 aliphatic heterocycles. The smallest absolute Gasteiger partial charge is 0.179 e. The number of aromatic nitrogens is 2. The molecule has 1 fully saturated rings. The molecular weight excluding hydrogens is 204 g/mol. The van der Waals surface area contributed by atoms with Crippen LogP contribution < -0.4 is 10.6 Å². The molecular formula is C10H10N6. The van der Waals surface area contributed by atoms with Crippen LogP contribution in [0.1, 0.15) is 24.2 Å². The van der Waals surface area contributed by atoms with Gasteiger partial charge in [0.2, 0.25) is 0 Å². The van der Waals surface area contributed by atoms with Gasteiger partial charge in [-0.3, -0.25) is 0 Å². The molecule has 1 aromatic heterocycles. The minimum Gasteiger partial charge on any atom is -0.381 e. The van der Waals surface area contributed by atoms with Crippen LogP contribution in [0.5, 0.6) is 0 Å². The van der Waals surface area contributed by atoms with Crippen molar-refractivity contribution in [1.29, 1.82) is 10.5 Å². The first-order valence-corrected chi connectivity index (χ1v) is 4.99. The van der Waals surface area contributed by atoms with Crippen LogP contribution >= 0.6 is 0 Å². The van der Waals surface area contributed by atoms with E-state index in [0.717, 1.165) is 25.9 Å². The van der Waals surface area contributed by atoms with E-state index in [1.165, 1.54) is 0 Å². The molecule has 6 nitrogen and oxygen atoms in total. The lowest BCUT2D eigenvalue weighted by atomic mass is 10.3. The fourth-order valence-corrected chi connectivity index (χ4v) is 1.76. The van der Waals surface area contributed by atoms with Gasteiger partial charge in [0.05, 0.1) is 0 Å². The highest BCUT2D eigenvalue weighted by atomic mass is 15.2. The zero-order valence-corrected chi connectivity index (χ0v) is 8.64. The highest BCUT2D eigenvalue weighted by molar-refractivity contribution is 5.61. The summed E-state index contributed by atoms with van der Waals surface area (Å²) >= 11 is 0. The molecule has 0 saturated carbocycles. The van der Waals surface area contributed by atoms with Crippen molar-refractivity contribution < 1.29 is 0 Å². The SMILES string of the molecule is N#Cc1nc(N)c(N2CCCC2)nc1C#N. The zero-order chi connectivity index (χ0) is 11.5. The summed E-state index contributed by atoms with van der Waals surface area (Å²) in [5, 5.41) is 17.6. The summed E-state index contributed by atoms with van der Waals surface area (Å²) in [7, 11) is 0. The van der Waals surface area contributed by atoms with Gasteiger partial charge in [0.25, 0.3) is 0 Å². The highest BCUT2D eigenvalue weighted by Crippen LogP contribution is 2.23. The maximum atomic E-state index is 8.84. The molecule has 0 bridgehead atoms. The van der Waals surface area contributed by atoms with Crippen LogP contribution in [0.2, 0.25) is 0 Å². The summed E-state index contributed by atoms with van der Waals surface area (Å²) in [6.45, 7) is 1.74. The number of nitrogens with two attached hydrogens (primary N) is 1. The zero-order valence-electron chi connectivity index (χ0n) is 8.64. The molecule has 0 unspecified atom stereocenters. The van der Waals surface area contributed by atoms with Crippen molar-refractivity contribution >= 4 is 11.6 Å². The molecule has 16 heavy (non-hydrogen) atoms. The first kappa shape index (κ1) is 10.2. The number of nitrogen functional groups attached to an aromatic ring is 1. The summed E-state index contributed by atoms with van der Waals surface area (Å²) in [6.07, 6.45) is 2.17. The van der Waals surface area contributed by atoms with Crippen LogP contribution in [0, 0.1) is 22.7 Å². The molecule has 0 radical (unpaired) electrons. The van der Waals surface area contributed by atoms with E-state index in [1.807, 2.05) is 17.0 Å². The second-order valence-corrected chi connectivity index (χ2v) is 3.55. The highest BCUT2D eigenvalue weighted by Gasteiger charge is 2.19. The number of nitriles is 2. The van der Waals surface area contributed by atoms with Gasteiger partial charge in [-0.05, 0) is 12.8 Å². The van der Waals surface area contributed by atoms with Gasteiger partial charge in [0, 0.05) is 13.1 Å². The van der Waals surface area contributed by atoms with Crippen LogP contribution in [0.25, 0.3) is 0 Å². The third-order valence-corrected chi connectivity index (χ3v) is 2.52. The Balaban J connectivity index is 2.47. The Labute approximate surface area is 92.9 Å². The second kappa shape index (κ2) is 4.03. The van der Waals surface area contributed by atoms with Crippen molar-refractivity contribution in [1.82, 2.24) is 9.97 Å². The number of nitrogens with zero attached hydrogens (tertiary/aromatic N) is 5. The standard InChI is InChI=1S/C10H10N6/c11-5-7-8(6-12)15-10(9(13)14-7)16-3-1-2-4-16/h1-4H2,(H2,13,14).